The van der Waals surface area contributed by atoms with Crippen molar-refractivity contribution in [1.29, 1.82) is 0 Å². The largest absolute Gasteiger partial charge is 0.459 e. The lowest BCUT2D eigenvalue weighted by Gasteiger charge is -2.30. The second-order valence-corrected chi connectivity index (χ2v) is 8.12. The van der Waals surface area contributed by atoms with Crippen LogP contribution in [0.5, 0.6) is 5.75 Å². The van der Waals surface area contributed by atoms with Crippen LogP contribution in [0, 0.1) is 6.92 Å². The van der Waals surface area contributed by atoms with Gasteiger partial charge in [0.05, 0.1) is 31.5 Å². The Kier molecular flexibility index (Phi) is 7.83. The summed E-state index contributed by atoms with van der Waals surface area (Å²) >= 11 is 0. The van der Waals surface area contributed by atoms with E-state index in [4.69, 9.17) is 14.2 Å². The lowest BCUT2D eigenvalue weighted by Crippen LogP contribution is -2.49. The van der Waals surface area contributed by atoms with Crippen molar-refractivity contribution in [2.75, 3.05) is 43.7 Å². The number of carbonyl (C=O) groups is 2. The van der Waals surface area contributed by atoms with Crippen molar-refractivity contribution in [3.63, 3.8) is 0 Å². The Balaban J connectivity index is 1.79. The zero-order chi connectivity index (χ0) is 24.0. The predicted molar refractivity (Wildman–Crippen MR) is 121 cm³/mol. The molecule has 1 unspecified atom stereocenters. The topological polar surface area (TPSA) is 102 Å². The number of methoxy groups -OCH3 is 1. The molecule has 2 N–H and O–H groups in total. The Morgan fingerprint density at radius 3 is 2.70 bits per heavy atom. The fourth-order valence-corrected chi connectivity index (χ4v) is 3.29. The van der Waals surface area contributed by atoms with Gasteiger partial charge in [-0.2, -0.15) is 4.39 Å². The van der Waals surface area contributed by atoms with Crippen LogP contribution >= 0.6 is 0 Å². The van der Waals surface area contributed by atoms with Gasteiger partial charge in [-0.15, -0.1) is 0 Å². The molecule has 0 radical (unpaired) electrons. The molecule has 0 fully saturated rings. The van der Waals surface area contributed by atoms with Gasteiger partial charge in [-0.1, -0.05) is 12.1 Å². The van der Waals surface area contributed by atoms with Gasteiger partial charge in [0.1, 0.15) is 12.3 Å². The molecule has 33 heavy (non-hydrogen) atoms. The number of aromatic nitrogens is 1. The molecule has 0 saturated heterocycles. The third kappa shape index (κ3) is 6.87. The molecule has 2 aromatic rings. The molecule has 1 atom stereocenters. The van der Waals surface area contributed by atoms with Gasteiger partial charge in [0.2, 0.25) is 11.8 Å². The molecule has 9 nitrogen and oxygen atoms in total. The number of benzene rings is 1. The average Bonchev–Trinajstić information content (AvgIpc) is 2.74. The number of nitrogens with one attached hydrogen (secondary N) is 2. The third-order valence-electron chi connectivity index (χ3n) is 4.74. The van der Waals surface area contributed by atoms with E-state index in [0.29, 0.717) is 30.5 Å². The van der Waals surface area contributed by atoms with E-state index in [1.165, 1.54) is 18.7 Å². The molecular weight excluding hydrogens is 431 g/mol. The zero-order valence-corrected chi connectivity index (χ0v) is 19.2. The highest BCUT2D eigenvalue weighted by molar-refractivity contribution is 6.08. The van der Waals surface area contributed by atoms with Crippen molar-refractivity contribution in [3.05, 3.63) is 47.7 Å². The Morgan fingerprint density at radius 1 is 1.30 bits per heavy atom. The van der Waals surface area contributed by atoms with E-state index < -0.39 is 17.9 Å². The second kappa shape index (κ2) is 10.6. The molecule has 2 heterocycles. The molecule has 178 valence electrons. The molecule has 0 spiro atoms. The highest BCUT2D eigenvalue weighted by Crippen LogP contribution is 2.28. The van der Waals surface area contributed by atoms with Crippen LogP contribution < -0.4 is 20.3 Å². The molecule has 1 aromatic heterocycles. The van der Waals surface area contributed by atoms with E-state index in [9.17, 15) is 14.0 Å². The number of amides is 3. The molecule has 3 amide bonds. The monoisotopic (exact) mass is 460 g/mol. The van der Waals surface area contributed by atoms with Gasteiger partial charge in [0, 0.05) is 27.2 Å². The van der Waals surface area contributed by atoms with Gasteiger partial charge in [-0.05, 0) is 36.2 Å². The smallest absolute Gasteiger partial charge is 0.324 e. The molecule has 0 aliphatic carbocycles. The standard InChI is InChI=1S/C23H29FN4O5/c1-15-11-18-21(25-12-15)28(13-20(29)26-18)22(30)27-19(14-32-10-9-31-4)16-5-7-17(8-6-16)33-23(2,3)24/h5-8,11-12,19H,9-10,13-14H2,1-4H3,(H,26,29)(H,27,30). The molecule has 3 rings (SSSR count). The third-order valence-corrected chi connectivity index (χ3v) is 4.74. The molecule has 1 aliphatic heterocycles. The summed E-state index contributed by atoms with van der Waals surface area (Å²) in [6, 6.07) is 7.43. The second-order valence-electron chi connectivity index (χ2n) is 8.12. The minimum Gasteiger partial charge on any atom is -0.459 e. The summed E-state index contributed by atoms with van der Waals surface area (Å²) in [6.07, 6.45) is 1.63. The van der Waals surface area contributed by atoms with Crippen molar-refractivity contribution in [1.82, 2.24) is 10.3 Å². The number of ether oxygens (including phenoxy) is 3. The minimum absolute atomic E-state index is 0.162. The summed E-state index contributed by atoms with van der Waals surface area (Å²) in [4.78, 5) is 30.9. The van der Waals surface area contributed by atoms with Crippen LogP contribution in [0.2, 0.25) is 0 Å². The number of alkyl halides is 1. The van der Waals surface area contributed by atoms with Crippen LogP contribution in [-0.4, -0.2) is 56.3 Å². The van der Waals surface area contributed by atoms with E-state index in [0.717, 1.165) is 11.1 Å². The lowest BCUT2D eigenvalue weighted by atomic mass is 10.1. The lowest BCUT2D eigenvalue weighted by molar-refractivity contribution is -0.115. The quantitative estimate of drug-likeness (QED) is 0.557. The van der Waals surface area contributed by atoms with E-state index in [1.807, 2.05) is 6.92 Å². The minimum atomic E-state index is -1.81. The van der Waals surface area contributed by atoms with Gasteiger partial charge >= 0.3 is 6.03 Å². The van der Waals surface area contributed by atoms with Crippen molar-refractivity contribution in [2.24, 2.45) is 0 Å². The summed E-state index contributed by atoms with van der Waals surface area (Å²) in [5.74, 6) is -1.40. The Labute approximate surface area is 192 Å². The van der Waals surface area contributed by atoms with E-state index >= 15 is 0 Å². The van der Waals surface area contributed by atoms with Crippen LogP contribution in [0.4, 0.5) is 20.7 Å². The van der Waals surface area contributed by atoms with Gasteiger partial charge in [0.15, 0.2) is 5.82 Å². The first-order valence-corrected chi connectivity index (χ1v) is 10.6. The Bertz CT molecular complexity index is 978. The van der Waals surface area contributed by atoms with Crippen LogP contribution in [0.3, 0.4) is 0 Å². The number of nitrogens with zero attached hydrogens (tertiary/aromatic N) is 2. The summed E-state index contributed by atoms with van der Waals surface area (Å²) in [5, 5.41) is 5.65. The Morgan fingerprint density at radius 2 is 2.03 bits per heavy atom. The summed E-state index contributed by atoms with van der Waals surface area (Å²) in [7, 11) is 1.57. The van der Waals surface area contributed by atoms with E-state index in [1.54, 1.807) is 43.6 Å². The van der Waals surface area contributed by atoms with Gasteiger partial charge in [0.25, 0.3) is 0 Å². The first-order chi connectivity index (χ1) is 15.7. The number of pyridine rings is 1. The normalized spacial score (nSPS) is 14.3. The molecular formula is C23H29FN4O5. The molecule has 10 heteroatoms. The zero-order valence-electron chi connectivity index (χ0n) is 19.2. The highest BCUT2D eigenvalue weighted by Gasteiger charge is 2.30. The number of fused-ring (bicyclic) bond motifs is 1. The van der Waals surface area contributed by atoms with Crippen LogP contribution in [0.15, 0.2) is 36.5 Å². The van der Waals surface area contributed by atoms with E-state index in [-0.39, 0.29) is 19.1 Å². The maximum Gasteiger partial charge on any atom is 0.324 e. The van der Waals surface area contributed by atoms with Crippen LogP contribution in [-0.2, 0) is 14.3 Å². The molecule has 0 bridgehead atoms. The SMILES string of the molecule is COCCOCC(NC(=O)N1CC(=O)Nc2cc(C)cnc21)c1ccc(OC(C)(C)F)cc1. The number of urea groups is 1. The number of anilines is 2. The van der Waals surface area contributed by atoms with Crippen molar-refractivity contribution >= 4 is 23.4 Å². The van der Waals surface area contributed by atoms with Gasteiger partial charge in [-0.3, -0.25) is 9.69 Å². The van der Waals surface area contributed by atoms with Crippen molar-refractivity contribution in [2.45, 2.75) is 32.7 Å². The highest BCUT2D eigenvalue weighted by atomic mass is 19.2. The molecule has 1 aromatic carbocycles. The molecule has 0 saturated carbocycles. The fraction of sp³-hybridized carbons (Fsp3) is 0.435. The summed E-state index contributed by atoms with van der Waals surface area (Å²) in [6.45, 7) is 5.23. The number of hydrogen-bond donors (Lipinski definition) is 2. The average molecular weight is 461 g/mol. The van der Waals surface area contributed by atoms with E-state index in [2.05, 4.69) is 15.6 Å². The number of carbonyl (C=O) groups excluding carboxylic acids is 2. The predicted octanol–water partition coefficient (Wildman–Crippen LogP) is 3.35. The first kappa shape index (κ1) is 24.4. The molecule has 1 aliphatic rings. The number of hydrogen-bond acceptors (Lipinski definition) is 6. The maximum atomic E-state index is 13.8. The van der Waals surface area contributed by atoms with Crippen LogP contribution in [0.25, 0.3) is 0 Å². The first-order valence-electron chi connectivity index (χ1n) is 10.6. The fourth-order valence-electron chi connectivity index (χ4n) is 3.29. The Hall–Kier alpha value is -3.24. The van der Waals surface area contributed by atoms with Gasteiger partial charge < -0.3 is 24.8 Å². The maximum absolute atomic E-state index is 13.8. The van der Waals surface area contributed by atoms with Crippen molar-refractivity contribution < 1.29 is 28.2 Å². The number of halogens is 1. The van der Waals surface area contributed by atoms with Crippen LogP contribution in [0.1, 0.15) is 31.0 Å². The number of rotatable bonds is 9. The van der Waals surface area contributed by atoms with Gasteiger partial charge in [-0.25, -0.2) is 9.78 Å². The summed E-state index contributed by atoms with van der Waals surface area (Å²) in [5.41, 5.74) is 2.06. The summed E-state index contributed by atoms with van der Waals surface area (Å²) < 4.78 is 29.7. The van der Waals surface area contributed by atoms with Crippen molar-refractivity contribution in [3.8, 4) is 5.75 Å². The number of aryl methyl sites for hydroxylation is 1.